The molecule has 17 nitrogen and oxygen atoms in total. The van der Waals surface area contributed by atoms with Crippen molar-refractivity contribution in [1.29, 1.82) is 0 Å². The minimum Gasteiger partial charge on any atom is -0.493 e. The SMILES string of the molecule is COc1ccc2c(c1OC)OC1c3c(cc4c(c3C[NH+]3C=C5N=CC=C5C3)C#CCC3(O)C(O)C(O)C(O4)OC3C(OC(=O)CC(=O)O)C(N)N)OCC21. The van der Waals surface area contributed by atoms with Crippen LogP contribution in [-0.4, -0.2) is 108 Å². The maximum atomic E-state index is 12.4. The van der Waals surface area contributed by atoms with Crippen molar-refractivity contribution in [2.24, 2.45) is 16.5 Å². The number of aliphatic imine (C=N–C) groups is 1. The highest BCUT2D eigenvalue weighted by molar-refractivity contribution is 5.90. The van der Waals surface area contributed by atoms with Gasteiger partial charge < -0.3 is 65.1 Å². The Morgan fingerprint density at radius 1 is 1.17 bits per heavy atom. The number of aliphatic hydroxyl groups excluding tert-OH is 2. The van der Waals surface area contributed by atoms with Gasteiger partial charge in [-0.05, 0) is 12.1 Å². The number of ether oxygens (including phenoxy) is 7. The predicted octanol–water partition coefficient (Wildman–Crippen LogP) is -1.49. The molecule has 9 rings (SSSR count). The monoisotopic (exact) mass is 747 g/mol. The number of nitrogens with two attached hydrogens (primary N) is 2. The van der Waals surface area contributed by atoms with Gasteiger partial charge in [0.1, 0.15) is 72.9 Å². The lowest BCUT2D eigenvalue weighted by atomic mass is 9.78. The minimum absolute atomic E-state index is 0.131. The summed E-state index contributed by atoms with van der Waals surface area (Å²) in [6.07, 6.45) is -6.75. The van der Waals surface area contributed by atoms with Crippen LogP contribution < -0.4 is 40.1 Å². The minimum atomic E-state index is -2.42. The van der Waals surface area contributed by atoms with Crippen molar-refractivity contribution in [1.82, 2.24) is 0 Å². The first-order chi connectivity index (χ1) is 25.9. The molecule has 7 aliphatic rings. The van der Waals surface area contributed by atoms with E-state index in [1.54, 1.807) is 26.5 Å². The Labute approximate surface area is 308 Å². The maximum Gasteiger partial charge on any atom is 0.317 e. The van der Waals surface area contributed by atoms with Gasteiger partial charge >= 0.3 is 11.9 Å². The van der Waals surface area contributed by atoms with E-state index in [9.17, 15) is 24.9 Å². The molecule has 1 saturated heterocycles. The summed E-state index contributed by atoms with van der Waals surface area (Å²) in [6.45, 7) is 1.25. The van der Waals surface area contributed by atoms with E-state index in [0.29, 0.717) is 47.2 Å². The Bertz CT molecular complexity index is 2070. The van der Waals surface area contributed by atoms with Crippen LogP contribution in [0.3, 0.4) is 0 Å². The lowest BCUT2D eigenvalue weighted by Crippen LogP contribution is -3.05. The molecule has 9 unspecified atom stereocenters. The highest BCUT2D eigenvalue weighted by Gasteiger charge is 2.60. The Morgan fingerprint density at radius 2 is 1.98 bits per heavy atom. The third-order valence-electron chi connectivity index (χ3n) is 10.6. The quantitative estimate of drug-likeness (QED) is 0.0668. The number of allylic oxidation sites excluding steroid dienone is 1. The second-order valence-corrected chi connectivity index (χ2v) is 13.9. The van der Waals surface area contributed by atoms with Crippen molar-refractivity contribution in [3.8, 4) is 40.6 Å². The van der Waals surface area contributed by atoms with Gasteiger partial charge in [0.15, 0.2) is 17.6 Å². The number of nitrogens with one attached hydrogen (secondary N) is 1. The molecule has 54 heavy (non-hydrogen) atoms. The number of quaternary nitrogens is 1. The van der Waals surface area contributed by atoms with Crippen LogP contribution in [-0.2, 0) is 25.6 Å². The van der Waals surface area contributed by atoms with Crippen molar-refractivity contribution >= 4 is 18.2 Å². The van der Waals surface area contributed by atoms with Gasteiger partial charge in [-0.25, -0.2) is 0 Å². The van der Waals surface area contributed by atoms with E-state index in [1.807, 2.05) is 24.4 Å². The number of hydrogen-bond acceptors (Lipinski definition) is 15. The van der Waals surface area contributed by atoms with E-state index in [0.717, 1.165) is 27.3 Å². The molecule has 284 valence electrons. The highest BCUT2D eigenvalue weighted by Crippen LogP contribution is 2.58. The van der Waals surface area contributed by atoms with E-state index < -0.39 is 73.4 Å². The summed E-state index contributed by atoms with van der Waals surface area (Å²) < 4.78 is 42.1. The fourth-order valence-electron chi connectivity index (χ4n) is 8.03. The normalized spacial score (nSPS) is 30.0. The zero-order valence-electron chi connectivity index (χ0n) is 29.2. The fourth-order valence-corrected chi connectivity index (χ4v) is 8.03. The third-order valence-corrected chi connectivity index (χ3v) is 10.6. The Morgan fingerprint density at radius 3 is 2.70 bits per heavy atom. The molecule has 2 aromatic carbocycles. The molecular formula is C37H39N4O13+. The molecule has 9 atom stereocenters. The molecule has 7 heterocycles. The molecule has 0 amide bonds. The third kappa shape index (κ3) is 5.83. The van der Waals surface area contributed by atoms with Gasteiger partial charge in [0.05, 0.1) is 38.5 Å². The van der Waals surface area contributed by atoms with Crippen LogP contribution in [0.4, 0.5) is 0 Å². The number of benzene rings is 2. The average Bonchev–Trinajstić information content (AvgIpc) is 3.84. The molecule has 0 saturated carbocycles. The van der Waals surface area contributed by atoms with Crippen molar-refractivity contribution in [2.75, 3.05) is 27.4 Å². The number of rotatable bonds is 9. The van der Waals surface area contributed by atoms with Crippen molar-refractivity contribution in [3.63, 3.8) is 0 Å². The van der Waals surface area contributed by atoms with E-state index in [1.165, 1.54) is 0 Å². The van der Waals surface area contributed by atoms with E-state index >= 15 is 0 Å². The van der Waals surface area contributed by atoms with Crippen LogP contribution in [0.1, 0.15) is 47.1 Å². The Balaban J connectivity index is 1.24. The lowest BCUT2D eigenvalue weighted by molar-refractivity contribution is -0.851. The van der Waals surface area contributed by atoms with Gasteiger partial charge in [0, 0.05) is 41.0 Å². The van der Waals surface area contributed by atoms with Gasteiger partial charge in [-0.15, -0.1) is 0 Å². The van der Waals surface area contributed by atoms with Crippen LogP contribution >= 0.6 is 0 Å². The van der Waals surface area contributed by atoms with Crippen LogP contribution in [0.2, 0.25) is 0 Å². The zero-order valence-corrected chi connectivity index (χ0v) is 29.2. The molecule has 0 spiro atoms. The van der Waals surface area contributed by atoms with Crippen molar-refractivity contribution in [3.05, 3.63) is 64.0 Å². The zero-order chi connectivity index (χ0) is 38.1. The van der Waals surface area contributed by atoms with E-state index in [4.69, 9.17) is 49.7 Å². The average molecular weight is 748 g/mol. The number of esters is 1. The van der Waals surface area contributed by atoms with Crippen LogP contribution in [0, 0.1) is 11.8 Å². The first-order valence-corrected chi connectivity index (χ1v) is 17.3. The highest BCUT2D eigenvalue weighted by atomic mass is 16.7. The number of aliphatic carboxylic acids is 1. The molecule has 0 aromatic heterocycles. The van der Waals surface area contributed by atoms with Gasteiger partial charge in [0.25, 0.3) is 0 Å². The number of hydrogen-bond donors (Lipinski definition) is 7. The number of carboxylic acids is 1. The second-order valence-electron chi connectivity index (χ2n) is 13.9. The Hall–Kier alpha value is -5.19. The van der Waals surface area contributed by atoms with Crippen molar-refractivity contribution < 1.29 is 68.1 Å². The van der Waals surface area contributed by atoms with Crippen LogP contribution in [0.15, 0.2) is 46.7 Å². The smallest absolute Gasteiger partial charge is 0.317 e. The number of nitrogens with zero attached hydrogens (tertiary/aromatic N) is 1. The summed E-state index contributed by atoms with van der Waals surface area (Å²) >= 11 is 0. The molecule has 2 aromatic rings. The van der Waals surface area contributed by atoms with Gasteiger partial charge in [-0.1, -0.05) is 17.9 Å². The van der Waals surface area contributed by atoms with Crippen LogP contribution in [0.5, 0.6) is 28.7 Å². The number of carbonyl (C=O) groups is 2. The van der Waals surface area contributed by atoms with E-state index in [2.05, 4.69) is 16.8 Å². The number of fused-ring (bicyclic) bond motifs is 9. The standard InChI is InChI=1S/C37H38N4O13/c1-48-22-6-5-18-20-15-50-24-10-23-17(19(13-41-12-16-7-9-40-21(16)14-41)27(24)29(20)53-30(18)31(22)49-2)4-3-8-37(47)33(46)28(45)36(51-23)54-34(37)32(35(38)39)52-26(44)11-25(42)43/h5-7,9-10,14,20,28-29,32-36,45-47H,8,11-13,15,38-39H2,1-2H3,(H,42,43)/p+1. The molecule has 17 heteroatoms. The van der Waals surface area contributed by atoms with Crippen LogP contribution in [0.25, 0.3) is 0 Å². The summed E-state index contributed by atoms with van der Waals surface area (Å²) in [5.41, 5.74) is 14.1. The van der Waals surface area contributed by atoms with Crippen molar-refractivity contribution in [2.45, 2.75) is 73.9 Å². The molecular weight excluding hydrogens is 708 g/mol. The largest absolute Gasteiger partial charge is 0.493 e. The predicted molar refractivity (Wildman–Crippen MR) is 184 cm³/mol. The summed E-state index contributed by atoms with van der Waals surface area (Å²) in [6, 6.07) is 5.36. The summed E-state index contributed by atoms with van der Waals surface area (Å²) in [7, 11) is 3.09. The number of methoxy groups -OCH3 is 2. The Kier molecular flexibility index (Phi) is 9.01. The molecule has 7 aliphatic heterocycles. The summed E-state index contributed by atoms with van der Waals surface area (Å²) in [4.78, 5) is 29.1. The van der Waals surface area contributed by atoms with Gasteiger partial charge in [-0.3, -0.25) is 19.5 Å². The first kappa shape index (κ1) is 35.8. The number of carbonyl (C=O) groups excluding carboxylic acids is 1. The molecule has 9 N–H and O–H groups in total. The van der Waals surface area contributed by atoms with E-state index in [-0.39, 0.29) is 18.3 Å². The van der Waals surface area contributed by atoms with Gasteiger partial charge in [0.2, 0.25) is 12.0 Å². The number of aliphatic hydroxyl groups is 3. The maximum absolute atomic E-state index is 12.4. The lowest BCUT2D eigenvalue weighted by Gasteiger charge is -2.50. The topological polar surface area (TPSA) is 249 Å². The summed E-state index contributed by atoms with van der Waals surface area (Å²) in [5, 5.41) is 43.7. The first-order valence-electron chi connectivity index (χ1n) is 17.3. The molecule has 0 radical (unpaired) electrons. The molecule has 2 bridgehead atoms. The molecule has 0 aliphatic carbocycles. The van der Waals surface area contributed by atoms with Gasteiger partial charge in [-0.2, -0.15) is 0 Å². The second kappa shape index (κ2) is 13.6. The number of carboxylic acid groups (broad SMARTS) is 1. The molecule has 1 fully saturated rings. The fraction of sp³-hybridized carbons (Fsp3) is 0.432. The summed E-state index contributed by atoms with van der Waals surface area (Å²) in [5.74, 6) is 5.22.